The molecule has 1 fully saturated rings. The van der Waals surface area contributed by atoms with E-state index in [4.69, 9.17) is 0 Å². The van der Waals surface area contributed by atoms with E-state index in [1.807, 2.05) is 23.7 Å². The summed E-state index contributed by atoms with van der Waals surface area (Å²) in [4.78, 5) is 11.3. The van der Waals surface area contributed by atoms with Crippen molar-refractivity contribution in [3.8, 4) is 5.82 Å². The first-order chi connectivity index (χ1) is 14.0. The normalized spacial score (nSPS) is 15.0. The molecule has 1 aromatic carbocycles. The molecule has 0 amide bonds. The molecule has 4 aromatic rings. The molecule has 0 bridgehead atoms. The van der Waals surface area contributed by atoms with Crippen LogP contribution >= 0.6 is 0 Å². The zero-order chi connectivity index (χ0) is 20.0. The number of benzene rings is 1. The lowest BCUT2D eigenvalue weighted by atomic mass is 10.1. The minimum Gasteiger partial charge on any atom is -0.390 e. The first kappa shape index (κ1) is 17.9. The van der Waals surface area contributed by atoms with E-state index < -0.39 is 0 Å². The van der Waals surface area contributed by atoms with Gasteiger partial charge in [-0.2, -0.15) is 4.98 Å². The molecule has 5 rings (SSSR count). The summed E-state index contributed by atoms with van der Waals surface area (Å²) >= 11 is 0. The number of anilines is 2. The number of likely N-dealkylation sites (tertiary alicyclic amines) is 1. The van der Waals surface area contributed by atoms with Gasteiger partial charge in [0.25, 0.3) is 0 Å². The van der Waals surface area contributed by atoms with Crippen LogP contribution in [0.4, 0.5) is 11.6 Å². The lowest BCUT2D eigenvalue weighted by Crippen LogP contribution is -2.49. The summed E-state index contributed by atoms with van der Waals surface area (Å²) in [5.41, 5.74) is 4.62. The van der Waals surface area contributed by atoms with Crippen LogP contribution in [0.5, 0.6) is 0 Å². The first-order valence-corrected chi connectivity index (χ1v) is 9.78. The van der Waals surface area contributed by atoms with E-state index in [1.165, 1.54) is 22.0 Å². The van der Waals surface area contributed by atoms with Crippen LogP contribution in [-0.2, 0) is 13.6 Å². The number of rotatable bonds is 5. The van der Waals surface area contributed by atoms with E-state index in [0.29, 0.717) is 5.95 Å². The summed E-state index contributed by atoms with van der Waals surface area (Å²) in [6.45, 7) is 4.45. The molecule has 0 unspecified atom stereocenters. The maximum absolute atomic E-state index is 9.49. The number of aryl methyl sites for hydroxylation is 2. The highest BCUT2D eigenvalue weighted by Gasteiger charge is 2.24. The van der Waals surface area contributed by atoms with Crippen molar-refractivity contribution < 1.29 is 5.11 Å². The minimum atomic E-state index is -0.178. The Labute approximate surface area is 169 Å². The number of nitrogens with zero attached hydrogens (tertiary/aromatic N) is 5. The Kier molecular flexibility index (Phi) is 4.34. The number of fused-ring (bicyclic) bond motifs is 1. The number of aromatic nitrogens is 4. The number of hydrogen-bond donors (Lipinski definition) is 2. The lowest BCUT2D eigenvalue weighted by Gasteiger charge is -2.35. The van der Waals surface area contributed by atoms with Gasteiger partial charge in [0.15, 0.2) is 0 Å². The van der Waals surface area contributed by atoms with Crippen LogP contribution in [0.2, 0.25) is 0 Å². The van der Waals surface area contributed by atoms with Crippen LogP contribution in [-0.4, -0.2) is 48.3 Å². The van der Waals surface area contributed by atoms with Crippen LogP contribution < -0.4 is 5.32 Å². The van der Waals surface area contributed by atoms with E-state index in [2.05, 4.69) is 68.5 Å². The third-order valence-corrected chi connectivity index (χ3v) is 5.51. The Morgan fingerprint density at radius 2 is 2.03 bits per heavy atom. The predicted molar refractivity (Wildman–Crippen MR) is 114 cm³/mol. The van der Waals surface area contributed by atoms with Crippen LogP contribution in [0, 0.1) is 6.92 Å². The van der Waals surface area contributed by atoms with Crippen LogP contribution in [0.15, 0.2) is 55.1 Å². The second-order valence-electron chi connectivity index (χ2n) is 7.79. The van der Waals surface area contributed by atoms with Crippen molar-refractivity contribution in [2.24, 2.45) is 7.05 Å². The molecule has 7 nitrogen and oxygen atoms in total. The Hall–Kier alpha value is -3.16. The smallest absolute Gasteiger partial charge is 0.229 e. The number of nitrogens with one attached hydrogen (secondary N) is 1. The zero-order valence-corrected chi connectivity index (χ0v) is 16.6. The molecule has 4 heterocycles. The maximum atomic E-state index is 9.49. The van der Waals surface area contributed by atoms with Gasteiger partial charge in [-0.15, -0.1) is 0 Å². The van der Waals surface area contributed by atoms with Gasteiger partial charge in [-0.1, -0.05) is 0 Å². The highest BCUT2D eigenvalue weighted by atomic mass is 16.3. The quantitative estimate of drug-likeness (QED) is 0.550. The van der Waals surface area contributed by atoms with Crippen molar-refractivity contribution in [2.45, 2.75) is 19.6 Å². The zero-order valence-electron chi connectivity index (χ0n) is 16.6. The van der Waals surface area contributed by atoms with Crippen molar-refractivity contribution in [1.29, 1.82) is 0 Å². The summed E-state index contributed by atoms with van der Waals surface area (Å²) < 4.78 is 4.14. The molecule has 7 heteroatoms. The van der Waals surface area contributed by atoms with Crippen molar-refractivity contribution >= 4 is 22.5 Å². The number of aliphatic hydroxyl groups is 1. The monoisotopic (exact) mass is 388 g/mol. The SMILES string of the molecule is Cc1cn(-c2ccnc(Nc3ccc4c(ccn4C)c3)n2)cc1CN1CC(O)C1. The average molecular weight is 388 g/mol. The van der Waals surface area contributed by atoms with Crippen LogP contribution in [0.1, 0.15) is 11.1 Å². The fourth-order valence-corrected chi connectivity index (χ4v) is 3.85. The fraction of sp³-hybridized carbons (Fsp3) is 0.273. The van der Waals surface area contributed by atoms with Crippen molar-refractivity contribution in [2.75, 3.05) is 18.4 Å². The molecule has 1 saturated heterocycles. The third kappa shape index (κ3) is 3.50. The van der Waals surface area contributed by atoms with Crippen molar-refractivity contribution in [3.05, 3.63) is 66.2 Å². The summed E-state index contributed by atoms with van der Waals surface area (Å²) in [7, 11) is 2.04. The van der Waals surface area contributed by atoms with Gasteiger partial charge in [0.05, 0.1) is 6.10 Å². The maximum Gasteiger partial charge on any atom is 0.229 e. The molecule has 0 radical (unpaired) electrons. The molecule has 0 saturated carbocycles. The van der Waals surface area contributed by atoms with Gasteiger partial charge in [0.2, 0.25) is 5.95 Å². The summed E-state index contributed by atoms with van der Waals surface area (Å²) in [6.07, 6.45) is 7.85. The third-order valence-electron chi connectivity index (χ3n) is 5.51. The van der Waals surface area contributed by atoms with Gasteiger partial charge in [-0.3, -0.25) is 4.90 Å². The Balaban J connectivity index is 1.36. The molecule has 0 aliphatic carbocycles. The van der Waals surface area contributed by atoms with Crippen molar-refractivity contribution in [3.63, 3.8) is 0 Å². The van der Waals surface area contributed by atoms with Gasteiger partial charge < -0.3 is 19.6 Å². The second-order valence-corrected chi connectivity index (χ2v) is 7.79. The Morgan fingerprint density at radius 1 is 1.17 bits per heavy atom. The van der Waals surface area contributed by atoms with Gasteiger partial charge in [0, 0.05) is 68.1 Å². The van der Waals surface area contributed by atoms with Gasteiger partial charge in [-0.25, -0.2) is 4.98 Å². The van der Waals surface area contributed by atoms with Gasteiger partial charge in [0.1, 0.15) is 5.82 Å². The molecule has 0 atom stereocenters. The van der Waals surface area contributed by atoms with Gasteiger partial charge >= 0.3 is 0 Å². The van der Waals surface area contributed by atoms with Gasteiger partial charge in [-0.05, 0) is 48.4 Å². The Bertz CT molecular complexity index is 1170. The first-order valence-electron chi connectivity index (χ1n) is 9.78. The van der Waals surface area contributed by atoms with Crippen molar-refractivity contribution in [1.82, 2.24) is 24.0 Å². The summed E-state index contributed by atoms with van der Waals surface area (Å²) in [5, 5.41) is 14.0. The molecule has 2 N–H and O–H groups in total. The van der Waals surface area contributed by atoms with E-state index in [-0.39, 0.29) is 6.10 Å². The largest absolute Gasteiger partial charge is 0.390 e. The van der Waals surface area contributed by atoms with E-state index >= 15 is 0 Å². The highest BCUT2D eigenvalue weighted by Crippen LogP contribution is 2.23. The number of aliphatic hydroxyl groups excluding tert-OH is 1. The minimum absolute atomic E-state index is 0.178. The summed E-state index contributed by atoms with van der Waals surface area (Å²) in [6, 6.07) is 10.2. The topological polar surface area (TPSA) is 71.1 Å². The Morgan fingerprint density at radius 3 is 2.86 bits per heavy atom. The number of hydrogen-bond acceptors (Lipinski definition) is 5. The number of β-amino-alcohol motifs (C(OH)–C–C–N with tert-alkyl or cyclic N) is 1. The van der Waals surface area contributed by atoms with E-state index in [1.54, 1.807) is 6.20 Å². The van der Waals surface area contributed by atoms with Crippen LogP contribution in [0.25, 0.3) is 16.7 Å². The molecular weight excluding hydrogens is 364 g/mol. The molecule has 1 aliphatic heterocycles. The molecule has 1 aliphatic rings. The molecule has 3 aromatic heterocycles. The lowest BCUT2D eigenvalue weighted by molar-refractivity contribution is -0.00295. The molecular formula is C22H24N6O. The summed E-state index contributed by atoms with van der Waals surface area (Å²) in [5.74, 6) is 1.39. The fourth-order valence-electron chi connectivity index (χ4n) is 3.85. The van der Waals surface area contributed by atoms with E-state index in [9.17, 15) is 5.11 Å². The standard InChI is InChI=1S/C22H24N6O/c1-15-10-28(12-17(15)11-27-13-19(29)14-27)21-5-7-23-22(25-21)24-18-3-4-20-16(9-18)6-8-26(20)2/h3-10,12,19,29H,11,13-14H2,1-2H3,(H,23,24,25). The second kappa shape index (κ2) is 7.02. The average Bonchev–Trinajstić information content (AvgIpc) is 3.24. The molecule has 0 spiro atoms. The highest BCUT2D eigenvalue weighted by molar-refractivity contribution is 5.84. The van der Waals surface area contributed by atoms with Crippen LogP contribution in [0.3, 0.4) is 0 Å². The molecule has 29 heavy (non-hydrogen) atoms. The van der Waals surface area contributed by atoms with E-state index in [0.717, 1.165) is 31.1 Å². The molecule has 148 valence electrons. The predicted octanol–water partition coefficient (Wildman–Crippen LogP) is 2.99.